The lowest BCUT2D eigenvalue weighted by atomic mass is 9.95. The van der Waals surface area contributed by atoms with Crippen LogP contribution in [0.4, 0.5) is 5.69 Å². The third kappa shape index (κ3) is 5.64. The highest BCUT2D eigenvalue weighted by Crippen LogP contribution is 2.18. The number of hydrogen-bond acceptors (Lipinski definition) is 4. The van der Waals surface area contributed by atoms with E-state index in [4.69, 9.17) is 0 Å². The van der Waals surface area contributed by atoms with Crippen molar-refractivity contribution >= 4 is 11.6 Å². The first kappa shape index (κ1) is 16.7. The number of rotatable bonds is 7. The standard InChI is InChI=1S/C17H28N4O/c1-21(2)12-6-10-18-15-9-11-19-16(13-15)17(22)20-14-7-4-3-5-8-14/h9,11,13-14H,3-8,10,12H2,1-2H3,(H,18,19)(H,20,22). The van der Waals surface area contributed by atoms with Crippen LogP contribution in [0.3, 0.4) is 0 Å². The molecule has 1 aromatic heterocycles. The van der Waals surface area contributed by atoms with E-state index in [9.17, 15) is 4.79 Å². The van der Waals surface area contributed by atoms with Gasteiger partial charge in [0.15, 0.2) is 0 Å². The fourth-order valence-electron chi connectivity index (χ4n) is 2.80. The number of nitrogens with zero attached hydrogens (tertiary/aromatic N) is 2. The summed E-state index contributed by atoms with van der Waals surface area (Å²) in [5.74, 6) is -0.0520. The summed E-state index contributed by atoms with van der Waals surface area (Å²) in [5, 5.41) is 6.46. The Morgan fingerprint density at radius 1 is 1.32 bits per heavy atom. The molecule has 0 aliphatic heterocycles. The predicted molar refractivity (Wildman–Crippen MR) is 90.2 cm³/mol. The number of aromatic nitrogens is 1. The van der Waals surface area contributed by atoms with Gasteiger partial charge in [0.2, 0.25) is 0 Å². The second-order valence-electron chi connectivity index (χ2n) is 6.32. The van der Waals surface area contributed by atoms with Crippen molar-refractivity contribution in [3.8, 4) is 0 Å². The maximum atomic E-state index is 12.3. The molecule has 2 rings (SSSR count). The van der Waals surface area contributed by atoms with Crippen molar-refractivity contribution in [3.63, 3.8) is 0 Å². The number of carbonyl (C=O) groups is 1. The van der Waals surface area contributed by atoms with E-state index >= 15 is 0 Å². The van der Waals surface area contributed by atoms with Gasteiger partial charge in [-0.1, -0.05) is 19.3 Å². The number of carbonyl (C=O) groups excluding carboxylic acids is 1. The van der Waals surface area contributed by atoms with E-state index in [1.54, 1.807) is 6.20 Å². The molecule has 2 N–H and O–H groups in total. The van der Waals surface area contributed by atoms with E-state index in [0.717, 1.165) is 38.0 Å². The zero-order chi connectivity index (χ0) is 15.8. The average Bonchev–Trinajstić information content (AvgIpc) is 2.53. The van der Waals surface area contributed by atoms with Gasteiger partial charge in [-0.25, -0.2) is 0 Å². The third-order valence-electron chi connectivity index (χ3n) is 4.04. The van der Waals surface area contributed by atoms with Gasteiger partial charge in [-0.3, -0.25) is 9.78 Å². The van der Waals surface area contributed by atoms with Crippen molar-refractivity contribution in [2.45, 2.75) is 44.6 Å². The Morgan fingerprint density at radius 3 is 2.82 bits per heavy atom. The van der Waals surface area contributed by atoms with Gasteiger partial charge in [-0.15, -0.1) is 0 Å². The van der Waals surface area contributed by atoms with E-state index < -0.39 is 0 Å². The van der Waals surface area contributed by atoms with E-state index in [0.29, 0.717) is 11.7 Å². The van der Waals surface area contributed by atoms with Gasteiger partial charge in [0, 0.05) is 24.5 Å². The monoisotopic (exact) mass is 304 g/mol. The Balaban J connectivity index is 1.83. The second-order valence-corrected chi connectivity index (χ2v) is 6.32. The van der Waals surface area contributed by atoms with Crippen molar-refractivity contribution in [1.29, 1.82) is 0 Å². The van der Waals surface area contributed by atoms with Gasteiger partial charge in [-0.05, 0) is 52.0 Å². The Morgan fingerprint density at radius 2 is 2.09 bits per heavy atom. The fraction of sp³-hybridized carbons (Fsp3) is 0.647. The summed E-state index contributed by atoms with van der Waals surface area (Å²) < 4.78 is 0. The Hall–Kier alpha value is -1.62. The second kappa shape index (κ2) is 8.73. The summed E-state index contributed by atoms with van der Waals surface area (Å²) in [7, 11) is 4.14. The third-order valence-corrected chi connectivity index (χ3v) is 4.04. The zero-order valence-corrected chi connectivity index (χ0v) is 13.8. The van der Waals surface area contributed by atoms with Crippen LogP contribution in [0.2, 0.25) is 0 Å². The molecule has 0 radical (unpaired) electrons. The Labute approximate surface area is 133 Å². The van der Waals surface area contributed by atoms with Crippen molar-refractivity contribution in [1.82, 2.24) is 15.2 Å². The summed E-state index contributed by atoms with van der Waals surface area (Å²) in [5.41, 5.74) is 1.46. The number of pyridine rings is 1. The molecule has 0 atom stereocenters. The maximum absolute atomic E-state index is 12.3. The van der Waals surface area contributed by atoms with Gasteiger partial charge < -0.3 is 15.5 Å². The molecule has 0 aromatic carbocycles. The van der Waals surface area contributed by atoms with Gasteiger partial charge in [0.05, 0.1) is 0 Å². The topological polar surface area (TPSA) is 57.3 Å². The van der Waals surface area contributed by atoms with Crippen molar-refractivity contribution < 1.29 is 4.79 Å². The van der Waals surface area contributed by atoms with E-state index in [1.165, 1.54) is 19.3 Å². The van der Waals surface area contributed by atoms with E-state index in [-0.39, 0.29) is 5.91 Å². The average molecular weight is 304 g/mol. The molecule has 5 heteroatoms. The zero-order valence-electron chi connectivity index (χ0n) is 13.8. The minimum atomic E-state index is -0.0520. The number of amides is 1. The molecular weight excluding hydrogens is 276 g/mol. The quantitative estimate of drug-likeness (QED) is 0.760. The summed E-state index contributed by atoms with van der Waals surface area (Å²) in [4.78, 5) is 18.6. The van der Waals surface area contributed by atoms with Crippen LogP contribution in [-0.2, 0) is 0 Å². The summed E-state index contributed by atoms with van der Waals surface area (Å²) in [6.07, 6.45) is 8.67. The van der Waals surface area contributed by atoms with Gasteiger partial charge in [0.25, 0.3) is 5.91 Å². The van der Waals surface area contributed by atoms with E-state index in [2.05, 4.69) is 34.6 Å². The van der Waals surface area contributed by atoms with Gasteiger partial charge in [0.1, 0.15) is 5.69 Å². The van der Waals surface area contributed by atoms with Crippen LogP contribution < -0.4 is 10.6 Å². The normalized spacial score (nSPS) is 15.8. The molecule has 0 bridgehead atoms. The smallest absolute Gasteiger partial charge is 0.270 e. The molecule has 1 amide bonds. The molecule has 1 fully saturated rings. The highest BCUT2D eigenvalue weighted by molar-refractivity contribution is 5.93. The van der Waals surface area contributed by atoms with Crippen LogP contribution in [0, 0.1) is 0 Å². The lowest BCUT2D eigenvalue weighted by Crippen LogP contribution is -2.36. The highest BCUT2D eigenvalue weighted by atomic mass is 16.1. The van der Waals surface area contributed by atoms with Crippen LogP contribution in [0.25, 0.3) is 0 Å². The molecule has 5 nitrogen and oxygen atoms in total. The van der Waals surface area contributed by atoms with Crippen molar-refractivity contribution in [3.05, 3.63) is 24.0 Å². The molecule has 122 valence electrons. The summed E-state index contributed by atoms with van der Waals surface area (Å²) >= 11 is 0. The first-order valence-corrected chi connectivity index (χ1v) is 8.30. The molecule has 0 spiro atoms. The lowest BCUT2D eigenvalue weighted by molar-refractivity contribution is 0.0922. The fourth-order valence-corrected chi connectivity index (χ4v) is 2.80. The lowest BCUT2D eigenvalue weighted by Gasteiger charge is -2.22. The minimum Gasteiger partial charge on any atom is -0.385 e. The molecule has 1 saturated carbocycles. The molecule has 1 aliphatic rings. The maximum Gasteiger partial charge on any atom is 0.270 e. The van der Waals surface area contributed by atoms with Crippen LogP contribution >= 0.6 is 0 Å². The predicted octanol–water partition coefficient (Wildman–Crippen LogP) is 2.51. The first-order chi connectivity index (χ1) is 10.6. The van der Waals surface area contributed by atoms with Gasteiger partial charge >= 0.3 is 0 Å². The largest absolute Gasteiger partial charge is 0.385 e. The van der Waals surface area contributed by atoms with Crippen LogP contribution in [0.1, 0.15) is 49.0 Å². The number of nitrogens with one attached hydrogen (secondary N) is 2. The van der Waals surface area contributed by atoms with Crippen LogP contribution in [0.15, 0.2) is 18.3 Å². The summed E-state index contributed by atoms with van der Waals surface area (Å²) in [6, 6.07) is 4.07. The van der Waals surface area contributed by atoms with Crippen molar-refractivity contribution in [2.24, 2.45) is 0 Å². The molecule has 22 heavy (non-hydrogen) atoms. The molecular formula is C17H28N4O. The van der Waals surface area contributed by atoms with Crippen LogP contribution in [0.5, 0.6) is 0 Å². The van der Waals surface area contributed by atoms with E-state index in [1.807, 2.05) is 12.1 Å². The Kier molecular flexibility index (Phi) is 6.65. The van der Waals surface area contributed by atoms with Crippen molar-refractivity contribution in [2.75, 3.05) is 32.5 Å². The Bertz CT molecular complexity index is 469. The van der Waals surface area contributed by atoms with Gasteiger partial charge in [-0.2, -0.15) is 0 Å². The summed E-state index contributed by atoms with van der Waals surface area (Å²) in [6.45, 7) is 1.94. The molecule has 0 saturated heterocycles. The molecule has 1 aromatic rings. The van der Waals surface area contributed by atoms with Crippen LogP contribution in [-0.4, -0.2) is 49.0 Å². The SMILES string of the molecule is CN(C)CCCNc1ccnc(C(=O)NC2CCCCC2)c1. The minimum absolute atomic E-state index is 0.0520. The molecule has 0 unspecified atom stereocenters. The molecule has 1 heterocycles. The number of hydrogen-bond donors (Lipinski definition) is 2. The first-order valence-electron chi connectivity index (χ1n) is 8.30. The highest BCUT2D eigenvalue weighted by Gasteiger charge is 2.17. The molecule has 1 aliphatic carbocycles. The number of anilines is 1.